The molecule has 138 valence electrons. The molecule has 1 amide bonds. The van der Waals surface area contributed by atoms with Crippen LogP contribution in [0, 0.1) is 0 Å². The van der Waals surface area contributed by atoms with Crippen LogP contribution in [0.4, 0.5) is 0 Å². The third-order valence-electron chi connectivity index (χ3n) is 4.39. The number of ether oxygens (including phenoxy) is 2. The molecule has 27 heavy (non-hydrogen) atoms. The highest BCUT2D eigenvalue weighted by atomic mass is 16.5. The van der Waals surface area contributed by atoms with E-state index in [-0.39, 0.29) is 5.91 Å². The van der Waals surface area contributed by atoms with Crippen LogP contribution >= 0.6 is 0 Å². The number of fused-ring (bicyclic) bond motifs is 1. The third kappa shape index (κ3) is 4.11. The molecule has 3 rings (SSSR count). The van der Waals surface area contributed by atoms with Gasteiger partial charge in [0.2, 0.25) is 0 Å². The van der Waals surface area contributed by atoms with Crippen LogP contribution in [-0.4, -0.2) is 31.6 Å². The molecule has 0 aromatic heterocycles. The number of nitrogens with zero attached hydrogens (tertiary/aromatic N) is 1. The third-order valence-corrected chi connectivity index (χ3v) is 4.39. The lowest BCUT2D eigenvalue weighted by Crippen LogP contribution is -2.26. The zero-order valence-electron chi connectivity index (χ0n) is 15.6. The fourth-order valence-corrected chi connectivity index (χ4v) is 3.03. The normalized spacial score (nSPS) is 10.4. The summed E-state index contributed by atoms with van der Waals surface area (Å²) in [5, 5.41) is 1.82. The Kier molecular flexibility index (Phi) is 5.77. The van der Waals surface area contributed by atoms with Crippen LogP contribution < -0.4 is 9.47 Å². The zero-order chi connectivity index (χ0) is 19.2. The molecule has 0 spiro atoms. The van der Waals surface area contributed by atoms with Gasteiger partial charge in [-0.25, -0.2) is 0 Å². The summed E-state index contributed by atoms with van der Waals surface area (Å²) >= 11 is 0. The van der Waals surface area contributed by atoms with Crippen LogP contribution in [0.15, 0.2) is 73.3 Å². The van der Waals surface area contributed by atoms with Crippen LogP contribution in [0.3, 0.4) is 0 Å². The Morgan fingerprint density at radius 3 is 2.41 bits per heavy atom. The van der Waals surface area contributed by atoms with Crippen molar-refractivity contribution in [2.75, 3.05) is 20.8 Å². The molecule has 0 bridgehead atoms. The Balaban J connectivity index is 1.80. The van der Waals surface area contributed by atoms with E-state index < -0.39 is 0 Å². The van der Waals surface area contributed by atoms with Gasteiger partial charge in [0.25, 0.3) is 5.91 Å². The van der Waals surface area contributed by atoms with Gasteiger partial charge >= 0.3 is 0 Å². The van der Waals surface area contributed by atoms with E-state index in [1.54, 1.807) is 18.1 Å². The van der Waals surface area contributed by atoms with Crippen molar-refractivity contribution in [2.45, 2.75) is 6.54 Å². The fourth-order valence-electron chi connectivity index (χ4n) is 3.03. The molecule has 0 aliphatic heterocycles. The molecule has 0 fully saturated rings. The van der Waals surface area contributed by atoms with Gasteiger partial charge in [-0.05, 0) is 35.2 Å². The second-order valence-corrected chi connectivity index (χ2v) is 6.27. The summed E-state index contributed by atoms with van der Waals surface area (Å²) in [5.41, 5.74) is 1.70. The minimum absolute atomic E-state index is 0.0270. The monoisotopic (exact) mass is 361 g/mol. The highest BCUT2D eigenvalue weighted by Gasteiger charge is 2.16. The molecule has 4 heteroatoms. The van der Waals surface area contributed by atoms with E-state index in [1.807, 2.05) is 67.7 Å². The Morgan fingerprint density at radius 1 is 1.04 bits per heavy atom. The first-order chi connectivity index (χ1) is 13.1. The summed E-state index contributed by atoms with van der Waals surface area (Å²) in [6.07, 6.45) is 1.71. The number of hydrogen-bond donors (Lipinski definition) is 0. The predicted molar refractivity (Wildman–Crippen MR) is 108 cm³/mol. The molecule has 0 N–H and O–H groups in total. The van der Waals surface area contributed by atoms with Gasteiger partial charge in [-0.3, -0.25) is 4.79 Å². The second-order valence-electron chi connectivity index (χ2n) is 6.27. The van der Waals surface area contributed by atoms with E-state index in [0.29, 0.717) is 18.7 Å². The maximum Gasteiger partial charge on any atom is 0.254 e. The number of hydrogen-bond acceptors (Lipinski definition) is 3. The van der Waals surface area contributed by atoms with E-state index in [1.165, 1.54) is 0 Å². The topological polar surface area (TPSA) is 38.8 Å². The largest absolute Gasteiger partial charge is 0.496 e. The first-order valence-corrected chi connectivity index (χ1v) is 8.78. The van der Waals surface area contributed by atoms with Crippen LogP contribution in [0.25, 0.3) is 10.8 Å². The van der Waals surface area contributed by atoms with Gasteiger partial charge in [0, 0.05) is 24.5 Å². The van der Waals surface area contributed by atoms with Crippen LogP contribution in [0.2, 0.25) is 0 Å². The quantitative estimate of drug-likeness (QED) is 0.573. The molecule has 0 unspecified atom stereocenters. The lowest BCUT2D eigenvalue weighted by molar-refractivity contribution is 0.0787. The lowest BCUT2D eigenvalue weighted by Gasteiger charge is -2.19. The summed E-state index contributed by atoms with van der Waals surface area (Å²) in [4.78, 5) is 14.7. The highest BCUT2D eigenvalue weighted by Crippen LogP contribution is 2.29. The number of carbonyl (C=O) groups excluding carboxylic acids is 1. The highest BCUT2D eigenvalue weighted by molar-refractivity contribution is 6.08. The summed E-state index contributed by atoms with van der Waals surface area (Å²) in [5.74, 6) is 1.52. The van der Waals surface area contributed by atoms with Crippen molar-refractivity contribution in [1.82, 2.24) is 4.90 Å². The van der Waals surface area contributed by atoms with Gasteiger partial charge in [-0.15, -0.1) is 0 Å². The van der Waals surface area contributed by atoms with Gasteiger partial charge in [0.05, 0.1) is 7.11 Å². The van der Waals surface area contributed by atoms with E-state index in [9.17, 15) is 4.79 Å². The van der Waals surface area contributed by atoms with Crippen LogP contribution in [0.5, 0.6) is 11.5 Å². The van der Waals surface area contributed by atoms with Crippen molar-refractivity contribution in [3.05, 3.63) is 84.4 Å². The Hall–Kier alpha value is -3.27. The SMILES string of the molecule is C=CCOc1ccc(CN(C)C(=O)c2ccc(OC)c3ccccc23)cc1. The van der Waals surface area contributed by atoms with Crippen molar-refractivity contribution in [2.24, 2.45) is 0 Å². The van der Waals surface area contributed by atoms with Gasteiger partial charge in [-0.1, -0.05) is 49.1 Å². The predicted octanol–water partition coefficient (Wildman–Crippen LogP) is 4.69. The van der Waals surface area contributed by atoms with Crippen molar-refractivity contribution in [1.29, 1.82) is 0 Å². The molecule has 0 saturated carbocycles. The van der Waals surface area contributed by atoms with E-state index >= 15 is 0 Å². The molecule has 4 nitrogen and oxygen atoms in total. The molecule has 0 atom stereocenters. The average Bonchev–Trinajstić information content (AvgIpc) is 2.71. The Labute approximate surface area is 159 Å². The van der Waals surface area contributed by atoms with Crippen molar-refractivity contribution in [3.63, 3.8) is 0 Å². The van der Waals surface area contributed by atoms with E-state index in [4.69, 9.17) is 9.47 Å². The maximum atomic E-state index is 13.0. The molecule has 3 aromatic carbocycles. The zero-order valence-corrected chi connectivity index (χ0v) is 15.6. The molecule has 3 aromatic rings. The van der Waals surface area contributed by atoms with Gasteiger partial charge in [0.1, 0.15) is 18.1 Å². The molecule has 0 radical (unpaired) electrons. The Bertz CT molecular complexity index is 947. The van der Waals surface area contributed by atoms with E-state index in [0.717, 1.165) is 27.8 Å². The molecule has 0 aliphatic carbocycles. The van der Waals surface area contributed by atoms with Crippen molar-refractivity contribution >= 4 is 16.7 Å². The minimum Gasteiger partial charge on any atom is -0.496 e. The molecular formula is C23H23NO3. The van der Waals surface area contributed by atoms with Crippen molar-refractivity contribution < 1.29 is 14.3 Å². The minimum atomic E-state index is -0.0270. The average molecular weight is 361 g/mol. The van der Waals surface area contributed by atoms with Crippen LogP contribution in [-0.2, 0) is 6.54 Å². The summed E-state index contributed by atoms with van der Waals surface area (Å²) in [6.45, 7) is 4.63. The Morgan fingerprint density at radius 2 is 1.74 bits per heavy atom. The number of benzene rings is 3. The number of amides is 1. The fraction of sp³-hybridized carbons (Fsp3) is 0.174. The van der Waals surface area contributed by atoms with E-state index in [2.05, 4.69) is 6.58 Å². The molecule has 0 aliphatic rings. The van der Waals surface area contributed by atoms with Crippen molar-refractivity contribution in [3.8, 4) is 11.5 Å². The number of carbonyl (C=O) groups is 1. The summed E-state index contributed by atoms with van der Waals surface area (Å²) in [7, 11) is 3.45. The standard InChI is InChI=1S/C23H23NO3/c1-4-15-27-18-11-9-17(10-12-18)16-24(2)23(25)21-13-14-22(26-3)20-8-6-5-7-19(20)21/h4-14H,1,15-16H2,2-3H3. The molecular weight excluding hydrogens is 338 g/mol. The molecule has 0 saturated heterocycles. The van der Waals surface area contributed by atoms with Crippen LogP contribution in [0.1, 0.15) is 15.9 Å². The smallest absolute Gasteiger partial charge is 0.254 e. The maximum absolute atomic E-state index is 13.0. The first kappa shape index (κ1) is 18.5. The number of rotatable bonds is 7. The summed E-state index contributed by atoms with van der Waals surface area (Å²) in [6, 6.07) is 19.2. The van der Waals surface area contributed by atoms with Gasteiger partial charge in [-0.2, -0.15) is 0 Å². The van der Waals surface area contributed by atoms with Gasteiger partial charge in [0.15, 0.2) is 0 Å². The van der Waals surface area contributed by atoms with Gasteiger partial charge < -0.3 is 14.4 Å². The second kappa shape index (κ2) is 8.41. The lowest BCUT2D eigenvalue weighted by atomic mass is 10.0. The number of methoxy groups -OCH3 is 1. The molecule has 0 heterocycles. The first-order valence-electron chi connectivity index (χ1n) is 8.78. The summed E-state index contributed by atoms with van der Waals surface area (Å²) < 4.78 is 10.9.